The van der Waals surface area contributed by atoms with E-state index in [4.69, 9.17) is 28.9 Å². The highest BCUT2D eigenvalue weighted by Gasteiger charge is 2.07. The van der Waals surface area contributed by atoms with Crippen molar-refractivity contribution in [2.45, 2.75) is 0 Å². The predicted molar refractivity (Wildman–Crippen MR) is 58.4 cm³/mol. The first kappa shape index (κ1) is 11.6. The van der Waals surface area contributed by atoms with Crippen molar-refractivity contribution in [1.82, 2.24) is 5.43 Å². The predicted octanol–water partition coefficient (Wildman–Crippen LogP) is 1.70. The minimum Gasteiger partial charge on any atom is -0.506 e. The zero-order valence-corrected chi connectivity index (χ0v) is 8.88. The molecule has 0 aliphatic carbocycles. The van der Waals surface area contributed by atoms with Crippen LogP contribution in [0.5, 0.6) is 5.75 Å². The second kappa shape index (κ2) is 4.86. The molecule has 80 valence electrons. The van der Waals surface area contributed by atoms with Crippen molar-refractivity contribution in [3.63, 3.8) is 0 Å². The molecular weight excluding hydrogens is 241 g/mol. The van der Waals surface area contributed by atoms with Gasteiger partial charge in [0.2, 0.25) is 0 Å². The zero-order chi connectivity index (χ0) is 11.4. The Morgan fingerprint density at radius 2 is 2.13 bits per heavy atom. The van der Waals surface area contributed by atoms with E-state index in [-0.39, 0.29) is 15.8 Å². The zero-order valence-electron chi connectivity index (χ0n) is 7.37. The normalized spacial score (nSPS) is 10.5. The number of hydrazone groups is 1. The maximum atomic E-state index is 10.3. The van der Waals surface area contributed by atoms with E-state index in [2.05, 4.69) is 5.10 Å². The number of phenolic OH excluding ortho intramolecular Hbond substituents is 1. The highest BCUT2D eigenvalue weighted by atomic mass is 35.5. The Labute approximate surface area is 95.5 Å². The molecule has 0 aliphatic rings. The number of urea groups is 1. The van der Waals surface area contributed by atoms with E-state index < -0.39 is 6.03 Å². The van der Waals surface area contributed by atoms with Gasteiger partial charge in [0, 0.05) is 5.56 Å². The third-order valence-corrected chi connectivity index (χ3v) is 2.36. The van der Waals surface area contributed by atoms with Gasteiger partial charge in [-0.1, -0.05) is 23.2 Å². The molecule has 0 saturated heterocycles. The summed E-state index contributed by atoms with van der Waals surface area (Å²) >= 11 is 11.5. The average Bonchev–Trinajstić information content (AvgIpc) is 2.18. The van der Waals surface area contributed by atoms with E-state index in [1.54, 1.807) is 0 Å². The summed E-state index contributed by atoms with van der Waals surface area (Å²) in [5.41, 5.74) is 7.24. The molecule has 0 atom stereocenters. The van der Waals surface area contributed by atoms with Crippen LogP contribution in [-0.2, 0) is 0 Å². The van der Waals surface area contributed by atoms with Crippen molar-refractivity contribution in [3.8, 4) is 5.75 Å². The fourth-order valence-electron chi connectivity index (χ4n) is 0.819. The second-order valence-corrected chi connectivity index (χ2v) is 3.29. The maximum Gasteiger partial charge on any atom is 0.332 e. The molecule has 2 amide bonds. The monoisotopic (exact) mass is 247 g/mol. The van der Waals surface area contributed by atoms with Gasteiger partial charge in [0.05, 0.1) is 11.2 Å². The number of carbonyl (C=O) groups excluding carboxylic acids is 1. The molecule has 1 aromatic carbocycles. The Morgan fingerprint density at radius 3 is 2.73 bits per heavy atom. The van der Waals surface area contributed by atoms with Gasteiger partial charge in [-0.15, -0.1) is 0 Å². The first-order valence-electron chi connectivity index (χ1n) is 3.78. The van der Waals surface area contributed by atoms with Crippen molar-refractivity contribution in [2.24, 2.45) is 10.8 Å². The van der Waals surface area contributed by atoms with Crippen LogP contribution < -0.4 is 11.2 Å². The third-order valence-electron chi connectivity index (χ3n) is 1.47. The average molecular weight is 248 g/mol. The number of hydrogen-bond acceptors (Lipinski definition) is 3. The van der Waals surface area contributed by atoms with Gasteiger partial charge in [-0.2, -0.15) is 5.10 Å². The Morgan fingerprint density at radius 1 is 1.47 bits per heavy atom. The van der Waals surface area contributed by atoms with Crippen LogP contribution in [-0.4, -0.2) is 17.4 Å². The number of benzene rings is 1. The number of phenols is 1. The molecule has 0 aliphatic heterocycles. The van der Waals surface area contributed by atoms with Crippen LogP contribution in [0.1, 0.15) is 5.56 Å². The van der Waals surface area contributed by atoms with Crippen molar-refractivity contribution in [1.29, 1.82) is 0 Å². The third kappa shape index (κ3) is 3.00. The molecule has 0 radical (unpaired) electrons. The van der Waals surface area contributed by atoms with Gasteiger partial charge < -0.3 is 10.8 Å². The molecular formula is C8H7Cl2N3O2. The Bertz CT molecular complexity index is 421. The number of hydrogen-bond donors (Lipinski definition) is 3. The van der Waals surface area contributed by atoms with Gasteiger partial charge in [0.25, 0.3) is 0 Å². The summed E-state index contributed by atoms with van der Waals surface area (Å²) in [6.45, 7) is 0. The fourth-order valence-corrected chi connectivity index (χ4v) is 1.20. The van der Waals surface area contributed by atoms with Crippen LogP contribution >= 0.6 is 23.2 Å². The number of nitrogens with two attached hydrogens (primary N) is 1. The smallest absolute Gasteiger partial charge is 0.332 e. The summed E-state index contributed by atoms with van der Waals surface area (Å²) < 4.78 is 0. The number of halogens is 2. The molecule has 1 aromatic rings. The second-order valence-electron chi connectivity index (χ2n) is 2.54. The Hall–Kier alpha value is -1.46. The number of nitrogens with zero attached hydrogens (tertiary/aromatic N) is 1. The summed E-state index contributed by atoms with van der Waals surface area (Å²) in [5.74, 6) is -0.123. The minimum absolute atomic E-state index is 0.0275. The summed E-state index contributed by atoms with van der Waals surface area (Å²) in [6, 6.07) is 2.07. The topological polar surface area (TPSA) is 87.7 Å². The molecule has 7 heteroatoms. The maximum absolute atomic E-state index is 10.3. The van der Waals surface area contributed by atoms with Crippen LogP contribution in [0.25, 0.3) is 0 Å². The highest BCUT2D eigenvalue weighted by molar-refractivity contribution is 6.44. The first-order valence-corrected chi connectivity index (χ1v) is 4.53. The molecule has 0 unspecified atom stereocenters. The molecule has 15 heavy (non-hydrogen) atoms. The number of primary amides is 1. The quantitative estimate of drug-likeness (QED) is 0.549. The summed E-state index contributed by atoms with van der Waals surface area (Å²) in [6.07, 6.45) is 1.26. The van der Waals surface area contributed by atoms with Crippen molar-refractivity contribution in [2.75, 3.05) is 0 Å². The molecule has 0 spiro atoms. The lowest BCUT2D eigenvalue weighted by Crippen LogP contribution is -2.24. The van der Waals surface area contributed by atoms with Crippen LogP contribution in [0, 0.1) is 0 Å². The van der Waals surface area contributed by atoms with E-state index in [0.717, 1.165) is 0 Å². The molecule has 5 nitrogen and oxygen atoms in total. The molecule has 0 aromatic heterocycles. The molecule has 0 bridgehead atoms. The van der Waals surface area contributed by atoms with E-state index in [0.29, 0.717) is 5.56 Å². The first-order chi connectivity index (χ1) is 7.02. The number of amides is 2. The van der Waals surface area contributed by atoms with E-state index in [1.807, 2.05) is 5.43 Å². The van der Waals surface area contributed by atoms with Crippen molar-refractivity contribution in [3.05, 3.63) is 27.7 Å². The number of nitrogens with one attached hydrogen (secondary N) is 1. The number of rotatable bonds is 2. The Kier molecular flexibility index (Phi) is 3.76. The van der Waals surface area contributed by atoms with Gasteiger partial charge in [-0.25, -0.2) is 10.2 Å². The van der Waals surface area contributed by atoms with E-state index >= 15 is 0 Å². The number of carbonyl (C=O) groups is 1. The standard InChI is InChI=1S/C8H7Cl2N3O2/c9-6-4(3-12-13-8(11)15)1-2-5(14)7(6)10/h1-3,14H,(H3,11,13,15). The fraction of sp³-hybridized carbons (Fsp3) is 0. The van der Waals surface area contributed by atoms with Crippen molar-refractivity contribution < 1.29 is 9.90 Å². The lowest BCUT2D eigenvalue weighted by atomic mass is 10.2. The summed E-state index contributed by atoms with van der Waals surface area (Å²) in [4.78, 5) is 10.3. The molecule has 0 saturated carbocycles. The van der Waals surface area contributed by atoms with Crippen LogP contribution in [0.3, 0.4) is 0 Å². The molecule has 0 heterocycles. The largest absolute Gasteiger partial charge is 0.506 e. The Balaban J connectivity index is 2.92. The van der Waals surface area contributed by atoms with Crippen LogP contribution in [0.2, 0.25) is 10.0 Å². The van der Waals surface area contributed by atoms with E-state index in [1.165, 1.54) is 18.3 Å². The van der Waals surface area contributed by atoms with E-state index in [9.17, 15) is 9.90 Å². The lowest BCUT2D eigenvalue weighted by molar-refractivity contribution is 0.249. The SMILES string of the molecule is NC(=O)NN=Cc1ccc(O)c(Cl)c1Cl. The van der Waals surface area contributed by atoms with Crippen molar-refractivity contribution >= 4 is 35.4 Å². The number of aromatic hydroxyl groups is 1. The van der Waals surface area contributed by atoms with Gasteiger partial charge in [0.15, 0.2) is 0 Å². The molecule has 4 N–H and O–H groups in total. The lowest BCUT2D eigenvalue weighted by Gasteiger charge is -2.02. The van der Waals surface area contributed by atoms with Gasteiger partial charge >= 0.3 is 6.03 Å². The van der Waals surface area contributed by atoms with Gasteiger partial charge in [0.1, 0.15) is 10.8 Å². The molecule has 0 fully saturated rings. The molecule has 1 rings (SSSR count). The van der Waals surface area contributed by atoms with Crippen LogP contribution in [0.4, 0.5) is 4.79 Å². The van der Waals surface area contributed by atoms with Gasteiger partial charge in [-0.05, 0) is 12.1 Å². The highest BCUT2D eigenvalue weighted by Crippen LogP contribution is 2.32. The summed E-state index contributed by atoms with van der Waals surface area (Å²) in [7, 11) is 0. The van der Waals surface area contributed by atoms with Gasteiger partial charge in [-0.3, -0.25) is 0 Å². The minimum atomic E-state index is -0.785. The summed E-state index contributed by atoms with van der Waals surface area (Å²) in [5, 5.41) is 12.9. The van der Waals surface area contributed by atoms with Crippen LogP contribution in [0.15, 0.2) is 17.2 Å².